The van der Waals surface area contributed by atoms with Gasteiger partial charge in [0.2, 0.25) is 0 Å². The standard InChI is InChI=1S/C12H15NO4S/c1-10-2-4-11(5-3-10)18(14,15)17-9-12-8-13(12)6-7-16-12/h2-5H,6-9H2,1H3. The predicted octanol–water partition coefficient (Wildman–Crippen LogP) is 0.742. The van der Waals surface area contributed by atoms with Gasteiger partial charge in [-0.05, 0) is 19.1 Å². The van der Waals surface area contributed by atoms with E-state index in [1.54, 1.807) is 24.3 Å². The van der Waals surface area contributed by atoms with Crippen LogP contribution in [0.15, 0.2) is 29.2 Å². The SMILES string of the molecule is Cc1ccc(S(=O)(=O)OCC23CN2CCO3)cc1. The second-order valence-corrected chi connectivity index (χ2v) is 6.36. The molecule has 2 atom stereocenters. The Labute approximate surface area is 106 Å². The number of hydrogen-bond donors (Lipinski definition) is 0. The van der Waals surface area contributed by atoms with Gasteiger partial charge < -0.3 is 4.74 Å². The molecule has 0 saturated carbocycles. The van der Waals surface area contributed by atoms with Gasteiger partial charge in [-0.25, -0.2) is 0 Å². The molecule has 0 aromatic heterocycles. The number of ether oxygens (including phenoxy) is 1. The maximum atomic E-state index is 12.0. The average Bonchev–Trinajstić information content (AvgIpc) is 2.90. The van der Waals surface area contributed by atoms with Crippen molar-refractivity contribution in [2.75, 3.05) is 26.3 Å². The van der Waals surface area contributed by atoms with Crippen molar-refractivity contribution in [1.82, 2.24) is 4.90 Å². The van der Waals surface area contributed by atoms with Gasteiger partial charge in [0.05, 0.1) is 11.5 Å². The summed E-state index contributed by atoms with van der Waals surface area (Å²) in [5.74, 6) is 0. The van der Waals surface area contributed by atoms with Gasteiger partial charge in [0, 0.05) is 13.1 Å². The van der Waals surface area contributed by atoms with Crippen molar-refractivity contribution >= 4 is 10.1 Å². The third-order valence-corrected chi connectivity index (χ3v) is 4.67. The molecular weight excluding hydrogens is 254 g/mol. The second-order valence-electron chi connectivity index (χ2n) is 4.75. The highest BCUT2D eigenvalue weighted by molar-refractivity contribution is 7.86. The first kappa shape index (κ1) is 12.1. The third kappa shape index (κ3) is 2.05. The zero-order valence-corrected chi connectivity index (χ0v) is 10.9. The Morgan fingerprint density at radius 3 is 2.67 bits per heavy atom. The Morgan fingerprint density at radius 1 is 1.39 bits per heavy atom. The fourth-order valence-electron chi connectivity index (χ4n) is 2.15. The van der Waals surface area contributed by atoms with E-state index in [1.165, 1.54) is 0 Å². The van der Waals surface area contributed by atoms with Crippen molar-refractivity contribution in [1.29, 1.82) is 0 Å². The molecule has 5 nitrogen and oxygen atoms in total. The largest absolute Gasteiger partial charge is 0.355 e. The van der Waals surface area contributed by atoms with E-state index in [9.17, 15) is 8.42 Å². The van der Waals surface area contributed by atoms with Crippen LogP contribution in [-0.4, -0.2) is 45.3 Å². The summed E-state index contributed by atoms with van der Waals surface area (Å²) in [6.07, 6.45) is 0. The van der Waals surface area contributed by atoms with Gasteiger partial charge in [-0.1, -0.05) is 17.7 Å². The van der Waals surface area contributed by atoms with Crippen LogP contribution in [0.5, 0.6) is 0 Å². The Balaban J connectivity index is 1.70. The monoisotopic (exact) mass is 269 g/mol. The molecule has 2 heterocycles. The molecule has 1 aromatic carbocycles. The topological polar surface area (TPSA) is 55.6 Å². The van der Waals surface area contributed by atoms with Gasteiger partial charge in [0.15, 0.2) is 5.72 Å². The van der Waals surface area contributed by atoms with Gasteiger partial charge in [0.1, 0.15) is 6.61 Å². The Hall–Kier alpha value is -0.950. The molecule has 2 aliphatic heterocycles. The van der Waals surface area contributed by atoms with Crippen molar-refractivity contribution in [3.63, 3.8) is 0 Å². The van der Waals surface area contributed by atoms with Gasteiger partial charge in [-0.15, -0.1) is 0 Å². The maximum Gasteiger partial charge on any atom is 0.297 e. The van der Waals surface area contributed by atoms with Crippen LogP contribution in [0.25, 0.3) is 0 Å². The van der Waals surface area contributed by atoms with Crippen molar-refractivity contribution in [3.05, 3.63) is 29.8 Å². The van der Waals surface area contributed by atoms with E-state index in [1.807, 2.05) is 6.92 Å². The summed E-state index contributed by atoms with van der Waals surface area (Å²) >= 11 is 0. The Morgan fingerprint density at radius 2 is 2.11 bits per heavy atom. The van der Waals surface area contributed by atoms with Gasteiger partial charge >= 0.3 is 0 Å². The first-order valence-electron chi connectivity index (χ1n) is 5.87. The highest BCUT2D eigenvalue weighted by atomic mass is 32.2. The number of aryl methyl sites for hydroxylation is 1. The molecular formula is C12H15NO4S. The molecule has 1 aromatic rings. The lowest BCUT2D eigenvalue weighted by atomic mass is 10.2. The fraction of sp³-hybridized carbons (Fsp3) is 0.500. The summed E-state index contributed by atoms with van der Waals surface area (Å²) in [4.78, 5) is 2.26. The van der Waals surface area contributed by atoms with Gasteiger partial charge in [-0.3, -0.25) is 9.08 Å². The van der Waals surface area contributed by atoms with Crippen molar-refractivity contribution in [2.24, 2.45) is 0 Å². The van der Waals surface area contributed by atoms with Gasteiger partial charge in [0.25, 0.3) is 10.1 Å². The lowest BCUT2D eigenvalue weighted by Crippen LogP contribution is -2.25. The summed E-state index contributed by atoms with van der Waals surface area (Å²) in [5.41, 5.74) is 0.539. The molecule has 0 N–H and O–H groups in total. The van der Waals surface area contributed by atoms with Crippen LogP contribution < -0.4 is 0 Å². The molecule has 0 aliphatic carbocycles. The summed E-state index contributed by atoms with van der Waals surface area (Å²) in [6, 6.07) is 6.62. The van der Waals surface area contributed by atoms with E-state index in [4.69, 9.17) is 8.92 Å². The van der Waals surface area contributed by atoms with E-state index in [0.29, 0.717) is 6.61 Å². The number of benzene rings is 1. The van der Waals surface area contributed by atoms with E-state index in [-0.39, 0.29) is 11.5 Å². The molecule has 2 fully saturated rings. The van der Waals surface area contributed by atoms with Crippen LogP contribution >= 0.6 is 0 Å². The van der Waals surface area contributed by atoms with Crippen LogP contribution in [0.1, 0.15) is 5.56 Å². The van der Waals surface area contributed by atoms with Crippen molar-refractivity contribution in [2.45, 2.75) is 17.5 Å². The normalized spacial score (nSPS) is 30.2. The van der Waals surface area contributed by atoms with E-state index < -0.39 is 15.8 Å². The molecule has 18 heavy (non-hydrogen) atoms. The van der Waals surface area contributed by atoms with Crippen molar-refractivity contribution in [3.8, 4) is 0 Å². The molecule has 0 bridgehead atoms. The minimum Gasteiger partial charge on any atom is -0.355 e. The van der Waals surface area contributed by atoms with E-state index >= 15 is 0 Å². The highest BCUT2D eigenvalue weighted by Gasteiger charge is 2.58. The lowest BCUT2D eigenvalue weighted by Gasteiger charge is -2.11. The smallest absolute Gasteiger partial charge is 0.297 e. The van der Waals surface area contributed by atoms with E-state index in [2.05, 4.69) is 4.90 Å². The minimum atomic E-state index is -3.68. The fourth-order valence-corrected chi connectivity index (χ4v) is 3.09. The molecule has 0 amide bonds. The molecule has 2 unspecified atom stereocenters. The molecule has 98 valence electrons. The minimum absolute atomic E-state index is 0.0726. The molecule has 6 heteroatoms. The quantitative estimate of drug-likeness (QED) is 0.596. The van der Waals surface area contributed by atoms with Crippen LogP contribution in [-0.2, 0) is 19.0 Å². The number of rotatable bonds is 4. The zero-order valence-electron chi connectivity index (χ0n) is 10.1. The number of nitrogens with zero attached hydrogens (tertiary/aromatic N) is 1. The first-order chi connectivity index (χ1) is 8.52. The Bertz CT molecular complexity index is 554. The molecule has 0 spiro atoms. The van der Waals surface area contributed by atoms with Crippen LogP contribution in [0.3, 0.4) is 0 Å². The molecule has 0 radical (unpaired) electrons. The molecule has 2 aliphatic rings. The van der Waals surface area contributed by atoms with E-state index in [0.717, 1.165) is 18.7 Å². The summed E-state index contributed by atoms with van der Waals surface area (Å²) in [6.45, 7) is 4.24. The third-order valence-electron chi connectivity index (χ3n) is 3.39. The van der Waals surface area contributed by atoms with Crippen LogP contribution in [0.4, 0.5) is 0 Å². The Kier molecular flexibility index (Phi) is 2.71. The predicted molar refractivity (Wildman–Crippen MR) is 64.6 cm³/mol. The first-order valence-corrected chi connectivity index (χ1v) is 7.28. The molecule has 2 saturated heterocycles. The lowest BCUT2D eigenvalue weighted by molar-refractivity contribution is 0.0228. The summed E-state index contributed by atoms with van der Waals surface area (Å²) < 4.78 is 34.5. The second kappa shape index (κ2) is 4.03. The number of morpholine rings is 1. The summed E-state index contributed by atoms with van der Waals surface area (Å²) in [5, 5.41) is 0. The maximum absolute atomic E-state index is 12.0. The number of fused-ring (bicyclic) bond motifs is 1. The number of hydrogen-bond acceptors (Lipinski definition) is 5. The van der Waals surface area contributed by atoms with Crippen LogP contribution in [0.2, 0.25) is 0 Å². The zero-order chi connectivity index (χ0) is 12.8. The van der Waals surface area contributed by atoms with Crippen molar-refractivity contribution < 1.29 is 17.3 Å². The summed E-state index contributed by atoms with van der Waals surface area (Å²) in [7, 11) is -3.68. The molecule has 3 rings (SSSR count). The average molecular weight is 269 g/mol. The van der Waals surface area contributed by atoms with Gasteiger partial charge in [-0.2, -0.15) is 8.42 Å². The highest BCUT2D eigenvalue weighted by Crippen LogP contribution is 2.38. The van der Waals surface area contributed by atoms with Crippen LogP contribution in [0, 0.1) is 6.92 Å².